The molecule has 0 saturated carbocycles. The molecule has 8 heteroatoms. The Hall–Kier alpha value is -2.90. The van der Waals surface area contributed by atoms with Crippen molar-refractivity contribution < 1.29 is 19.2 Å². The van der Waals surface area contributed by atoms with E-state index in [9.17, 15) is 19.2 Å². The summed E-state index contributed by atoms with van der Waals surface area (Å²) in [7, 11) is 1.49. The minimum absolute atomic E-state index is 0.107. The van der Waals surface area contributed by atoms with Crippen LogP contribution in [0.2, 0.25) is 0 Å². The number of amides is 4. The summed E-state index contributed by atoms with van der Waals surface area (Å²) in [6.07, 6.45) is 1.71. The van der Waals surface area contributed by atoms with E-state index in [1.165, 1.54) is 18.9 Å². The Labute approximate surface area is 152 Å². The fraction of sp³-hybridized carbons (Fsp3) is 0.444. The highest BCUT2D eigenvalue weighted by Gasteiger charge is 2.35. The second-order valence-electron chi connectivity index (χ2n) is 6.14. The average molecular weight is 360 g/mol. The Balaban J connectivity index is 2.17. The average Bonchev–Trinajstić information content (AvgIpc) is 2.71. The third-order valence-corrected chi connectivity index (χ3v) is 4.23. The van der Waals surface area contributed by atoms with Crippen LogP contribution in [0, 0.1) is 0 Å². The van der Waals surface area contributed by atoms with Crippen molar-refractivity contribution in [1.82, 2.24) is 15.5 Å². The zero-order valence-corrected chi connectivity index (χ0v) is 15.0. The van der Waals surface area contributed by atoms with Gasteiger partial charge in [-0.15, -0.1) is 0 Å². The van der Waals surface area contributed by atoms with E-state index in [0.717, 1.165) is 0 Å². The van der Waals surface area contributed by atoms with E-state index >= 15 is 0 Å². The lowest BCUT2D eigenvalue weighted by Gasteiger charge is -2.28. The molecule has 4 amide bonds. The summed E-state index contributed by atoms with van der Waals surface area (Å²) in [5.74, 6) is -1.11. The standard InChI is InChI=1S/C18H24N4O4/c1-12(23)20-10-6-5-9-15-17(25)21-14-8-4-3-7-13(14)18(26)22(15)11-16(24)19-2/h3-4,7-8,15H,5-6,9-11H2,1-2H3,(H,19,24)(H,20,23)(H,21,25)/t15-/m0/s1. The number of unbranched alkanes of at least 4 members (excludes halogenated alkanes) is 1. The van der Waals surface area contributed by atoms with Crippen LogP contribution in [0.15, 0.2) is 24.3 Å². The highest BCUT2D eigenvalue weighted by Crippen LogP contribution is 2.24. The number of anilines is 1. The molecule has 0 unspecified atom stereocenters. The number of carbonyl (C=O) groups is 4. The molecule has 1 aromatic rings. The van der Waals surface area contributed by atoms with Crippen molar-refractivity contribution in [3.8, 4) is 0 Å². The Morgan fingerprint density at radius 3 is 2.62 bits per heavy atom. The van der Waals surface area contributed by atoms with E-state index < -0.39 is 6.04 Å². The molecular formula is C18H24N4O4. The second-order valence-corrected chi connectivity index (χ2v) is 6.14. The Morgan fingerprint density at radius 2 is 1.92 bits per heavy atom. The summed E-state index contributed by atoms with van der Waals surface area (Å²) in [4.78, 5) is 49.7. The van der Waals surface area contributed by atoms with Crippen LogP contribution in [0.25, 0.3) is 0 Å². The van der Waals surface area contributed by atoms with E-state index in [1.54, 1.807) is 24.3 Å². The third kappa shape index (κ3) is 4.81. The van der Waals surface area contributed by atoms with Crippen LogP contribution >= 0.6 is 0 Å². The van der Waals surface area contributed by atoms with Crippen LogP contribution in [-0.4, -0.2) is 54.7 Å². The molecule has 0 aromatic heterocycles. The molecule has 0 saturated heterocycles. The second kappa shape index (κ2) is 8.98. The zero-order chi connectivity index (χ0) is 19.1. The van der Waals surface area contributed by atoms with Gasteiger partial charge in [-0.25, -0.2) is 0 Å². The number of likely N-dealkylation sites (N-methyl/N-ethyl adjacent to an activating group) is 1. The van der Waals surface area contributed by atoms with Gasteiger partial charge in [0.05, 0.1) is 11.3 Å². The quantitative estimate of drug-likeness (QED) is 0.616. The first-order chi connectivity index (χ1) is 12.4. The van der Waals surface area contributed by atoms with Crippen LogP contribution in [-0.2, 0) is 14.4 Å². The van der Waals surface area contributed by atoms with Crippen LogP contribution < -0.4 is 16.0 Å². The lowest BCUT2D eigenvalue weighted by atomic mass is 10.1. The number of hydrogen-bond acceptors (Lipinski definition) is 4. The molecule has 1 aliphatic heterocycles. The van der Waals surface area contributed by atoms with Gasteiger partial charge in [0.2, 0.25) is 17.7 Å². The predicted molar refractivity (Wildman–Crippen MR) is 96.5 cm³/mol. The fourth-order valence-electron chi connectivity index (χ4n) is 2.86. The van der Waals surface area contributed by atoms with E-state index in [-0.39, 0.29) is 30.2 Å². The molecule has 140 valence electrons. The molecule has 0 spiro atoms. The largest absolute Gasteiger partial charge is 0.358 e. The molecule has 3 N–H and O–H groups in total. The number of carbonyl (C=O) groups excluding carboxylic acids is 4. The maximum Gasteiger partial charge on any atom is 0.257 e. The Morgan fingerprint density at radius 1 is 1.19 bits per heavy atom. The lowest BCUT2D eigenvalue weighted by molar-refractivity contribution is -0.124. The summed E-state index contributed by atoms with van der Waals surface area (Å²) in [6, 6.07) is 6.01. The van der Waals surface area contributed by atoms with Crippen LogP contribution in [0.4, 0.5) is 5.69 Å². The molecule has 1 aromatic carbocycles. The van der Waals surface area contributed by atoms with Crippen molar-refractivity contribution in [2.45, 2.75) is 32.2 Å². The van der Waals surface area contributed by atoms with Crippen LogP contribution in [0.1, 0.15) is 36.5 Å². The molecule has 1 heterocycles. The monoisotopic (exact) mass is 360 g/mol. The van der Waals surface area contributed by atoms with Gasteiger partial charge in [0, 0.05) is 20.5 Å². The predicted octanol–water partition coefficient (Wildman–Crippen LogP) is 0.502. The maximum absolute atomic E-state index is 12.9. The molecule has 0 fully saturated rings. The molecule has 1 atom stereocenters. The number of nitrogens with zero attached hydrogens (tertiary/aromatic N) is 1. The van der Waals surface area contributed by atoms with Crippen molar-refractivity contribution in [1.29, 1.82) is 0 Å². The highest BCUT2D eigenvalue weighted by atomic mass is 16.2. The molecular weight excluding hydrogens is 336 g/mol. The van der Waals surface area contributed by atoms with Gasteiger partial charge < -0.3 is 20.9 Å². The number of nitrogens with one attached hydrogen (secondary N) is 3. The molecule has 8 nitrogen and oxygen atoms in total. The number of para-hydroxylation sites is 1. The Kier molecular flexibility index (Phi) is 6.71. The summed E-state index contributed by atoms with van der Waals surface area (Å²) < 4.78 is 0. The number of fused-ring (bicyclic) bond motifs is 1. The molecule has 2 rings (SSSR count). The van der Waals surface area contributed by atoms with Gasteiger partial charge in [0.25, 0.3) is 5.91 Å². The zero-order valence-electron chi connectivity index (χ0n) is 15.0. The summed E-state index contributed by atoms with van der Waals surface area (Å²) in [5.41, 5.74) is 0.815. The van der Waals surface area contributed by atoms with Gasteiger partial charge in [-0.05, 0) is 31.4 Å². The van der Waals surface area contributed by atoms with Crippen molar-refractivity contribution in [3.05, 3.63) is 29.8 Å². The first kappa shape index (κ1) is 19.4. The summed E-state index contributed by atoms with van der Waals surface area (Å²) in [6.45, 7) is 1.76. The van der Waals surface area contributed by atoms with Crippen LogP contribution in [0.3, 0.4) is 0 Å². The fourth-order valence-corrected chi connectivity index (χ4v) is 2.86. The molecule has 0 radical (unpaired) electrons. The normalized spacial score (nSPS) is 16.4. The SMILES string of the molecule is CNC(=O)CN1C(=O)c2ccccc2NC(=O)[C@@H]1CCCCNC(C)=O. The van der Waals surface area contributed by atoms with Crippen molar-refractivity contribution in [2.75, 3.05) is 25.5 Å². The van der Waals surface area contributed by atoms with Gasteiger partial charge in [0.1, 0.15) is 12.6 Å². The van der Waals surface area contributed by atoms with Gasteiger partial charge in [0.15, 0.2) is 0 Å². The minimum Gasteiger partial charge on any atom is -0.358 e. The smallest absolute Gasteiger partial charge is 0.257 e. The number of hydrogen-bond donors (Lipinski definition) is 3. The minimum atomic E-state index is -0.746. The summed E-state index contributed by atoms with van der Waals surface area (Å²) in [5, 5.41) is 7.97. The Bertz CT molecular complexity index is 704. The van der Waals surface area contributed by atoms with Gasteiger partial charge in [-0.1, -0.05) is 12.1 Å². The topological polar surface area (TPSA) is 108 Å². The van der Waals surface area contributed by atoms with Crippen molar-refractivity contribution >= 4 is 29.3 Å². The lowest BCUT2D eigenvalue weighted by Crippen LogP contribution is -2.49. The van der Waals surface area contributed by atoms with E-state index in [2.05, 4.69) is 16.0 Å². The van der Waals surface area contributed by atoms with Gasteiger partial charge >= 0.3 is 0 Å². The first-order valence-electron chi connectivity index (χ1n) is 8.60. The first-order valence-corrected chi connectivity index (χ1v) is 8.60. The number of rotatable bonds is 7. The maximum atomic E-state index is 12.9. The van der Waals surface area contributed by atoms with E-state index in [1.807, 2.05) is 0 Å². The molecule has 0 bridgehead atoms. The van der Waals surface area contributed by atoms with Crippen molar-refractivity contribution in [3.63, 3.8) is 0 Å². The van der Waals surface area contributed by atoms with E-state index in [4.69, 9.17) is 0 Å². The van der Waals surface area contributed by atoms with Gasteiger partial charge in [-0.3, -0.25) is 19.2 Å². The van der Waals surface area contributed by atoms with Crippen LogP contribution in [0.5, 0.6) is 0 Å². The summed E-state index contributed by atoms with van der Waals surface area (Å²) >= 11 is 0. The van der Waals surface area contributed by atoms with Crippen molar-refractivity contribution in [2.24, 2.45) is 0 Å². The molecule has 0 aliphatic carbocycles. The highest BCUT2D eigenvalue weighted by molar-refractivity contribution is 6.10. The molecule has 26 heavy (non-hydrogen) atoms. The van der Waals surface area contributed by atoms with Gasteiger partial charge in [-0.2, -0.15) is 0 Å². The van der Waals surface area contributed by atoms with E-state index in [0.29, 0.717) is 37.1 Å². The molecule has 1 aliphatic rings. The third-order valence-electron chi connectivity index (χ3n) is 4.23. The number of benzene rings is 1.